The molecule has 2 unspecified atom stereocenters. The molecule has 1 amide bonds. The van der Waals surface area contributed by atoms with Gasteiger partial charge in [-0.1, -0.05) is 12.8 Å². The van der Waals surface area contributed by atoms with Crippen molar-refractivity contribution in [3.8, 4) is 5.75 Å². The van der Waals surface area contributed by atoms with Gasteiger partial charge in [-0.05, 0) is 43.2 Å². The fourth-order valence-corrected chi connectivity index (χ4v) is 5.45. The first kappa shape index (κ1) is 23.0. The number of hydrogen-bond acceptors (Lipinski definition) is 7. The first-order valence-corrected chi connectivity index (χ1v) is 12.2. The zero-order chi connectivity index (χ0) is 23.6. The summed E-state index contributed by atoms with van der Waals surface area (Å²) in [5.74, 6) is -0.00205. The predicted molar refractivity (Wildman–Crippen MR) is 120 cm³/mol. The molecule has 0 spiro atoms. The van der Waals surface area contributed by atoms with Crippen molar-refractivity contribution in [3.63, 3.8) is 0 Å². The number of hydrogen-bond donors (Lipinski definition) is 1. The van der Waals surface area contributed by atoms with E-state index in [1.807, 2.05) is 4.90 Å². The van der Waals surface area contributed by atoms with Crippen LogP contribution < -0.4 is 9.46 Å². The van der Waals surface area contributed by atoms with Crippen LogP contribution in [-0.2, 0) is 14.8 Å². The van der Waals surface area contributed by atoms with E-state index >= 15 is 0 Å². The van der Waals surface area contributed by atoms with E-state index < -0.39 is 14.9 Å². The third-order valence-electron chi connectivity index (χ3n) is 6.04. The molecule has 1 aliphatic carbocycles. The second-order valence-electron chi connectivity index (χ2n) is 8.03. The molecule has 1 saturated carbocycles. The lowest BCUT2D eigenvalue weighted by molar-refractivity contribution is -0.384. The lowest BCUT2D eigenvalue weighted by Crippen LogP contribution is -2.54. The summed E-state index contributed by atoms with van der Waals surface area (Å²) in [6.07, 6.45) is 4.05. The Hall–Kier alpha value is -3.18. The van der Waals surface area contributed by atoms with E-state index in [0.29, 0.717) is 18.7 Å². The maximum absolute atomic E-state index is 13.1. The van der Waals surface area contributed by atoms with Crippen LogP contribution in [0.1, 0.15) is 36.0 Å². The van der Waals surface area contributed by atoms with Gasteiger partial charge >= 0.3 is 0 Å². The molecule has 10 nitrogen and oxygen atoms in total. The van der Waals surface area contributed by atoms with E-state index in [9.17, 15) is 23.3 Å². The Balaban J connectivity index is 1.53. The second kappa shape index (κ2) is 9.36. The highest BCUT2D eigenvalue weighted by atomic mass is 32.2. The van der Waals surface area contributed by atoms with Gasteiger partial charge in [-0.25, -0.2) is 8.42 Å². The van der Waals surface area contributed by atoms with E-state index in [1.165, 1.54) is 43.5 Å². The number of methoxy groups -OCH3 is 1. The van der Waals surface area contributed by atoms with E-state index in [0.717, 1.165) is 31.7 Å². The molecular formula is C22H25N3O7S. The van der Waals surface area contributed by atoms with Gasteiger partial charge in [-0.15, -0.1) is 0 Å². The third kappa shape index (κ3) is 4.79. The molecule has 2 fully saturated rings. The zero-order valence-corrected chi connectivity index (χ0v) is 18.9. The van der Waals surface area contributed by atoms with Gasteiger partial charge in [0.2, 0.25) is 0 Å². The van der Waals surface area contributed by atoms with Crippen molar-refractivity contribution in [2.75, 3.05) is 25.0 Å². The minimum Gasteiger partial charge on any atom is -0.495 e. The number of nitro groups is 1. The van der Waals surface area contributed by atoms with Crippen LogP contribution in [0, 0.1) is 10.1 Å². The smallest absolute Gasteiger partial charge is 0.271 e. The van der Waals surface area contributed by atoms with Crippen LogP contribution in [0.2, 0.25) is 0 Å². The Morgan fingerprint density at radius 2 is 1.91 bits per heavy atom. The van der Waals surface area contributed by atoms with Crippen molar-refractivity contribution in [1.29, 1.82) is 0 Å². The van der Waals surface area contributed by atoms with E-state index in [2.05, 4.69) is 4.72 Å². The average molecular weight is 476 g/mol. The molecule has 1 saturated heterocycles. The van der Waals surface area contributed by atoms with Crippen molar-refractivity contribution in [2.24, 2.45) is 0 Å². The van der Waals surface area contributed by atoms with Crippen LogP contribution in [0.3, 0.4) is 0 Å². The first-order chi connectivity index (χ1) is 15.8. The Labute approximate surface area is 191 Å². The first-order valence-electron chi connectivity index (χ1n) is 10.7. The summed E-state index contributed by atoms with van der Waals surface area (Å²) in [5.41, 5.74) is 0.0672. The SMILES string of the molecule is COc1ccc([N+](=O)[O-])cc1NS(=O)(=O)c1ccc(C(=O)N2CCOC3CCCCC32)cc1. The number of nitrogens with zero attached hydrogens (tertiary/aromatic N) is 2. The summed E-state index contributed by atoms with van der Waals surface area (Å²) >= 11 is 0. The van der Waals surface area contributed by atoms with Crippen LogP contribution in [0.15, 0.2) is 47.4 Å². The maximum atomic E-state index is 13.1. The highest BCUT2D eigenvalue weighted by Crippen LogP contribution is 2.32. The monoisotopic (exact) mass is 475 g/mol. The Morgan fingerprint density at radius 3 is 2.61 bits per heavy atom. The lowest BCUT2D eigenvalue weighted by atomic mass is 9.89. The van der Waals surface area contributed by atoms with Crippen LogP contribution >= 0.6 is 0 Å². The summed E-state index contributed by atoms with van der Waals surface area (Å²) < 4.78 is 39.0. The summed E-state index contributed by atoms with van der Waals surface area (Å²) in [6.45, 7) is 1.00. The number of benzene rings is 2. The number of sulfonamides is 1. The Kier molecular flexibility index (Phi) is 6.52. The molecule has 4 rings (SSSR count). The lowest BCUT2D eigenvalue weighted by Gasteiger charge is -2.43. The fourth-order valence-electron chi connectivity index (χ4n) is 4.38. The van der Waals surface area contributed by atoms with Gasteiger partial charge in [-0.2, -0.15) is 0 Å². The topological polar surface area (TPSA) is 128 Å². The van der Waals surface area contributed by atoms with Crippen molar-refractivity contribution < 1.29 is 27.6 Å². The molecular weight excluding hydrogens is 450 g/mol. The number of nitro benzene ring substituents is 1. The van der Waals surface area contributed by atoms with Crippen LogP contribution in [0.4, 0.5) is 11.4 Å². The molecule has 0 aromatic heterocycles. The van der Waals surface area contributed by atoms with Gasteiger partial charge in [-0.3, -0.25) is 19.6 Å². The highest BCUT2D eigenvalue weighted by Gasteiger charge is 2.37. The molecule has 1 heterocycles. The van der Waals surface area contributed by atoms with Crippen molar-refractivity contribution >= 4 is 27.3 Å². The molecule has 11 heteroatoms. The van der Waals surface area contributed by atoms with Crippen LogP contribution in [0.5, 0.6) is 5.75 Å². The molecule has 2 atom stereocenters. The number of ether oxygens (including phenoxy) is 2. The maximum Gasteiger partial charge on any atom is 0.271 e. The molecule has 2 aliphatic rings. The largest absolute Gasteiger partial charge is 0.495 e. The summed E-state index contributed by atoms with van der Waals surface area (Å²) in [6, 6.07) is 9.33. The zero-order valence-electron chi connectivity index (χ0n) is 18.1. The summed E-state index contributed by atoms with van der Waals surface area (Å²) in [5, 5.41) is 11.1. The molecule has 1 aliphatic heterocycles. The summed E-state index contributed by atoms with van der Waals surface area (Å²) in [4.78, 5) is 25.3. The second-order valence-corrected chi connectivity index (χ2v) is 9.71. The van der Waals surface area contributed by atoms with Crippen molar-refractivity contribution in [3.05, 3.63) is 58.1 Å². The molecule has 0 radical (unpaired) electrons. The van der Waals surface area contributed by atoms with Gasteiger partial charge < -0.3 is 14.4 Å². The summed E-state index contributed by atoms with van der Waals surface area (Å²) in [7, 11) is -2.74. The normalized spacial score (nSPS) is 20.6. The Morgan fingerprint density at radius 1 is 1.18 bits per heavy atom. The van der Waals surface area contributed by atoms with Crippen molar-refractivity contribution in [2.45, 2.75) is 42.7 Å². The molecule has 2 aromatic carbocycles. The standard InChI is InChI=1S/C22H25N3O7S/c1-31-20-11-8-16(25(27)28)14-18(20)23-33(29,30)17-9-6-15(7-10-17)22(26)24-12-13-32-21-5-3-2-4-19(21)24/h6-11,14,19,21,23H,2-5,12-13H2,1H3. The van der Waals surface area contributed by atoms with Gasteiger partial charge in [0.15, 0.2) is 0 Å². The van der Waals surface area contributed by atoms with E-state index in [-0.39, 0.29) is 40.1 Å². The quantitative estimate of drug-likeness (QED) is 0.502. The van der Waals surface area contributed by atoms with Crippen LogP contribution in [-0.4, -0.2) is 56.6 Å². The Bertz CT molecular complexity index is 1150. The van der Waals surface area contributed by atoms with Gasteiger partial charge in [0.1, 0.15) is 5.75 Å². The van der Waals surface area contributed by atoms with E-state index in [1.54, 1.807) is 0 Å². The van der Waals surface area contributed by atoms with Crippen molar-refractivity contribution in [1.82, 2.24) is 4.90 Å². The third-order valence-corrected chi connectivity index (χ3v) is 7.42. The average Bonchev–Trinajstić information content (AvgIpc) is 2.83. The molecule has 2 aromatic rings. The molecule has 0 bridgehead atoms. The number of fused-ring (bicyclic) bond motifs is 1. The van der Waals surface area contributed by atoms with Gasteiger partial charge in [0, 0.05) is 24.2 Å². The van der Waals surface area contributed by atoms with Gasteiger partial charge in [0.25, 0.3) is 21.6 Å². The number of amides is 1. The van der Waals surface area contributed by atoms with Gasteiger partial charge in [0.05, 0.1) is 41.4 Å². The van der Waals surface area contributed by atoms with E-state index in [4.69, 9.17) is 9.47 Å². The number of carbonyl (C=O) groups excluding carboxylic acids is 1. The number of anilines is 1. The minimum atomic E-state index is -4.07. The number of rotatable bonds is 6. The highest BCUT2D eigenvalue weighted by molar-refractivity contribution is 7.92. The molecule has 1 N–H and O–H groups in total. The van der Waals surface area contributed by atoms with Crippen LogP contribution in [0.25, 0.3) is 0 Å². The minimum absolute atomic E-state index is 0.0476. The number of carbonyl (C=O) groups is 1. The number of nitrogens with one attached hydrogen (secondary N) is 1. The number of non-ortho nitro benzene ring substituents is 1. The number of morpholine rings is 1. The molecule has 33 heavy (non-hydrogen) atoms. The molecule has 176 valence electrons. The predicted octanol–water partition coefficient (Wildman–Crippen LogP) is 3.19. The fraction of sp³-hybridized carbons (Fsp3) is 0.409.